The number of carbonyl (C=O) groups is 1. The van der Waals surface area contributed by atoms with Gasteiger partial charge in [0.1, 0.15) is 0 Å². The average Bonchev–Trinajstić information content (AvgIpc) is 3.70. The van der Waals surface area contributed by atoms with Crippen molar-refractivity contribution >= 4 is 28.5 Å². The van der Waals surface area contributed by atoms with Gasteiger partial charge in [-0.15, -0.1) is 0 Å². The van der Waals surface area contributed by atoms with E-state index in [4.69, 9.17) is 11.6 Å². The van der Waals surface area contributed by atoms with Crippen LogP contribution in [0.15, 0.2) is 59.7 Å². The van der Waals surface area contributed by atoms with E-state index in [9.17, 15) is 9.59 Å². The molecule has 0 aliphatic heterocycles. The van der Waals surface area contributed by atoms with Gasteiger partial charge < -0.3 is 5.32 Å². The Hall–Kier alpha value is -3.45. The van der Waals surface area contributed by atoms with Gasteiger partial charge in [-0.25, -0.2) is 4.79 Å². The maximum Gasteiger partial charge on any atom is 0.333 e. The summed E-state index contributed by atoms with van der Waals surface area (Å²) >= 11 is 6.05. The van der Waals surface area contributed by atoms with E-state index >= 15 is 0 Å². The first-order valence-electron chi connectivity index (χ1n) is 13.5. The van der Waals surface area contributed by atoms with Gasteiger partial charge in [-0.2, -0.15) is 0 Å². The lowest BCUT2D eigenvalue weighted by atomic mass is 9.85. The van der Waals surface area contributed by atoms with Crippen molar-refractivity contribution in [1.29, 1.82) is 0 Å². The number of hydrogen-bond donors (Lipinski definition) is 1. The molecule has 2 aliphatic rings. The topological polar surface area (TPSA) is 81.8 Å². The van der Waals surface area contributed by atoms with Crippen LogP contribution < -0.4 is 11.0 Å². The highest BCUT2D eigenvalue weighted by atomic mass is 35.5. The van der Waals surface area contributed by atoms with Crippen LogP contribution in [-0.4, -0.2) is 31.1 Å². The van der Waals surface area contributed by atoms with Crippen molar-refractivity contribution in [3.8, 4) is 5.69 Å². The molecule has 0 radical (unpaired) electrons. The molecule has 2 aliphatic carbocycles. The van der Waals surface area contributed by atoms with Crippen LogP contribution in [-0.2, 0) is 13.0 Å². The molecule has 196 valence electrons. The average molecular weight is 530 g/mol. The third kappa shape index (κ3) is 5.12. The van der Waals surface area contributed by atoms with Gasteiger partial charge in [0.15, 0.2) is 0 Å². The predicted octanol–water partition coefficient (Wildman–Crippen LogP) is 5.49. The molecule has 0 atom stereocenters. The maximum absolute atomic E-state index is 13.7. The summed E-state index contributed by atoms with van der Waals surface area (Å²) in [6, 6.07) is 13.8. The monoisotopic (exact) mass is 529 g/mol. The standard InChI is InChI=1S/C30H32ClN5O2/c1-19-26(15-22(31)16-32-19)29(37)34-23-10-8-21(9-11-23)18-35-27-4-2-3-5-28(27)36(30(35)38)25-13-12-24(33-17-25)14-20-6-7-20/h2-5,12-13,15-17,20-21,23H,6-11,14,18H2,1H3,(H,34,37). The van der Waals surface area contributed by atoms with Gasteiger partial charge in [0, 0.05) is 24.5 Å². The van der Waals surface area contributed by atoms with Crippen LogP contribution >= 0.6 is 11.6 Å². The Bertz CT molecular complexity index is 1530. The van der Waals surface area contributed by atoms with Crippen molar-refractivity contribution in [1.82, 2.24) is 24.4 Å². The third-order valence-electron chi connectivity index (χ3n) is 8.02. The first-order chi connectivity index (χ1) is 18.5. The quantitative estimate of drug-likeness (QED) is 0.343. The lowest BCUT2D eigenvalue weighted by Crippen LogP contribution is -2.39. The molecule has 3 aromatic heterocycles. The van der Waals surface area contributed by atoms with Crippen LogP contribution in [0.5, 0.6) is 0 Å². The van der Waals surface area contributed by atoms with E-state index in [1.807, 2.05) is 48.0 Å². The number of pyridine rings is 2. The highest BCUT2D eigenvalue weighted by molar-refractivity contribution is 6.30. The number of benzene rings is 1. The van der Waals surface area contributed by atoms with E-state index < -0.39 is 0 Å². The number of para-hydroxylation sites is 2. The number of imidazole rings is 1. The van der Waals surface area contributed by atoms with E-state index in [2.05, 4.69) is 21.4 Å². The van der Waals surface area contributed by atoms with Crippen LogP contribution in [0.1, 0.15) is 60.3 Å². The van der Waals surface area contributed by atoms with Crippen molar-refractivity contribution in [2.75, 3.05) is 0 Å². The van der Waals surface area contributed by atoms with Gasteiger partial charge in [0.05, 0.1) is 39.2 Å². The summed E-state index contributed by atoms with van der Waals surface area (Å²) in [5.41, 5.74) is 4.92. The number of carbonyl (C=O) groups excluding carboxylic acids is 1. The molecule has 1 N–H and O–H groups in total. The molecule has 7 nitrogen and oxygen atoms in total. The van der Waals surface area contributed by atoms with Crippen LogP contribution in [0.25, 0.3) is 16.7 Å². The second-order valence-electron chi connectivity index (χ2n) is 10.9. The summed E-state index contributed by atoms with van der Waals surface area (Å²) in [5, 5.41) is 3.61. The molecular formula is C30H32ClN5O2. The largest absolute Gasteiger partial charge is 0.349 e. The van der Waals surface area contributed by atoms with Crippen molar-refractivity contribution in [3.05, 3.63) is 87.3 Å². The molecule has 0 spiro atoms. The molecule has 8 heteroatoms. The highest BCUT2D eigenvalue weighted by Crippen LogP contribution is 2.32. The zero-order valence-corrected chi connectivity index (χ0v) is 22.3. The first-order valence-corrected chi connectivity index (χ1v) is 13.9. The second-order valence-corrected chi connectivity index (χ2v) is 11.3. The number of aromatic nitrogens is 4. The molecule has 0 unspecified atom stereocenters. The fourth-order valence-electron chi connectivity index (χ4n) is 5.67. The van der Waals surface area contributed by atoms with Crippen molar-refractivity contribution in [2.45, 2.75) is 64.5 Å². The predicted molar refractivity (Wildman–Crippen MR) is 149 cm³/mol. The minimum atomic E-state index is -0.128. The number of aryl methyl sites for hydroxylation is 1. The van der Waals surface area contributed by atoms with Crippen LogP contribution in [0.2, 0.25) is 5.02 Å². The maximum atomic E-state index is 13.7. The molecule has 1 amide bonds. The number of nitrogens with zero attached hydrogens (tertiary/aromatic N) is 4. The SMILES string of the molecule is Cc1ncc(Cl)cc1C(=O)NC1CCC(Cn2c(=O)n(-c3ccc(CC4CC4)nc3)c3ccccc32)CC1. The zero-order chi connectivity index (χ0) is 26.2. The van der Waals surface area contributed by atoms with E-state index in [1.165, 1.54) is 12.8 Å². The second kappa shape index (κ2) is 10.4. The number of halogens is 1. The molecular weight excluding hydrogens is 498 g/mol. The Morgan fingerprint density at radius 3 is 2.42 bits per heavy atom. The van der Waals surface area contributed by atoms with Gasteiger partial charge in [-0.05, 0) is 94.0 Å². The Morgan fingerprint density at radius 1 is 0.974 bits per heavy atom. The lowest BCUT2D eigenvalue weighted by molar-refractivity contribution is 0.0919. The van der Waals surface area contributed by atoms with Gasteiger partial charge >= 0.3 is 5.69 Å². The first kappa shape index (κ1) is 24.9. The van der Waals surface area contributed by atoms with E-state index in [-0.39, 0.29) is 17.6 Å². The minimum Gasteiger partial charge on any atom is -0.349 e. The summed E-state index contributed by atoms with van der Waals surface area (Å²) in [7, 11) is 0. The fraction of sp³-hybridized carbons (Fsp3) is 0.400. The number of fused-ring (bicyclic) bond motifs is 1. The smallest absolute Gasteiger partial charge is 0.333 e. The van der Waals surface area contributed by atoms with Crippen LogP contribution in [0.3, 0.4) is 0 Å². The lowest BCUT2D eigenvalue weighted by Gasteiger charge is -2.29. The molecule has 3 heterocycles. The van der Waals surface area contributed by atoms with Crippen molar-refractivity contribution < 1.29 is 4.79 Å². The Balaban J connectivity index is 1.16. The van der Waals surface area contributed by atoms with E-state index in [1.54, 1.807) is 16.8 Å². The van der Waals surface area contributed by atoms with Crippen LogP contribution in [0.4, 0.5) is 0 Å². The third-order valence-corrected chi connectivity index (χ3v) is 8.23. The normalized spacial score (nSPS) is 19.5. The molecule has 2 fully saturated rings. The van der Waals surface area contributed by atoms with E-state index in [0.717, 1.165) is 60.4 Å². The van der Waals surface area contributed by atoms with Crippen molar-refractivity contribution in [2.24, 2.45) is 11.8 Å². The number of nitrogens with one attached hydrogen (secondary N) is 1. The van der Waals surface area contributed by atoms with Crippen LogP contribution in [0, 0.1) is 18.8 Å². The molecule has 1 aromatic carbocycles. The zero-order valence-electron chi connectivity index (χ0n) is 21.6. The summed E-state index contributed by atoms with van der Waals surface area (Å²) in [6.45, 7) is 2.48. The molecule has 6 rings (SSSR count). The summed E-state index contributed by atoms with van der Waals surface area (Å²) in [6.07, 6.45) is 10.6. The molecule has 0 bridgehead atoms. The summed E-state index contributed by atoms with van der Waals surface area (Å²) in [4.78, 5) is 35.3. The molecule has 38 heavy (non-hydrogen) atoms. The molecule has 0 saturated heterocycles. The Morgan fingerprint density at radius 2 is 1.71 bits per heavy atom. The minimum absolute atomic E-state index is 0.0256. The summed E-state index contributed by atoms with van der Waals surface area (Å²) in [5.74, 6) is 1.02. The number of hydrogen-bond acceptors (Lipinski definition) is 4. The number of amides is 1. The highest BCUT2D eigenvalue weighted by Gasteiger charge is 2.26. The van der Waals surface area contributed by atoms with Gasteiger partial charge in [0.25, 0.3) is 5.91 Å². The molecule has 4 aromatic rings. The van der Waals surface area contributed by atoms with Gasteiger partial charge in [0.2, 0.25) is 0 Å². The van der Waals surface area contributed by atoms with Gasteiger partial charge in [-0.3, -0.25) is 23.9 Å². The Labute approximate surface area is 226 Å². The van der Waals surface area contributed by atoms with Gasteiger partial charge in [-0.1, -0.05) is 23.7 Å². The summed E-state index contributed by atoms with van der Waals surface area (Å²) < 4.78 is 3.70. The van der Waals surface area contributed by atoms with E-state index in [0.29, 0.717) is 28.7 Å². The number of rotatable bonds is 7. The van der Waals surface area contributed by atoms with Crippen molar-refractivity contribution in [3.63, 3.8) is 0 Å². The Kier molecular flexibility index (Phi) is 6.78. The fourth-order valence-corrected chi connectivity index (χ4v) is 5.83. The molecule has 2 saturated carbocycles.